The maximum absolute atomic E-state index is 11.3. The average molecular weight is 186 g/mol. The molecule has 1 fully saturated rings. The molecule has 5 nitrogen and oxygen atoms in total. The number of amides is 2. The van der Waals surface area contributed by atoms with E-state index in [0.29, 0.717) is 12.5 Å². The standard InChI is InChI=1S/C8H14N2O3/c1-5(2)3-9-7(11)6-4-13-8(12)10-6/h5-6H,3-4H2,1-2H3,(H,9,11)(H,10,12). The van der Waals surface area contributed by atoms with Crippen molar-refractivity contribution in [1.82, 2.24) is 10.6 Å². The summed E-state index contributed by atoms with van der Waals surface area (Å²) < 4.78 is 4.58. The van der Waals surface area contributed by atoms with Crippen molar-refractivity contribution in [2.45, 2.75) is 19.9 Å². The summed E-state index contributed by atoms with van der Waals surface area (Å²) in [5.41, 5.74) is 0. The molecule has 1 saturated heterocycles. The van der Waals surface area contributed by atoms with Gasteiger partial charge in [0, 0.05) is 6.54 Å². The Hall–Kier alpha value is -1.26. The Balaban J connectivity index is 2.27. The Morgan fingerprint density at radius 1 is 1.77 bits per heavy atom. The minimum atomic E-state index is -0.523. The van der Waals surface area contributed by atoms with Crippen molar-refractivity contribution < 1.29 is 14.3 Å². The Kier molecular flexibility index (Phi) is 3.11. The molecule has 74 valence electrons. The normalized spacial score (nSPS) is 21.2. The fraction of sp³-hybridized carbons (Fsp3) is 0.750. The Labute approximate surface area is 76.8 Å². The van der Waals surface area contributed by atoms with Gasteiger partial charge in [-0.1, -0.05) is 13.8 Å². The Morgan fingerprint density at radius 3 is 2.92 bits per heavy atom. The summed E-state index contributed by atoms with van der Waals surface area (Å²) in [5, 5.41) is 5.12. The topological polar surface area (TPSA) is 67.4 Å². The van der Waals surface area contributed by atoms with Crippen LogP contribution in [0, 0.1) is 5.92 Å². The van der Waals surface area contributed by atoms with Crippen LogP contribution in [0.4, 0.5) is 4.79 Å². The lowest BCUT2D eigenvalue weighted by Gasteiger charge is -2.10. The summed E-state index contributed by atoms with van der Waals surface area (Å²) in [5.74, 6) is 0.224. The highest BCUT2D eigenvalue weighted by Gasteiger charge is 2.28. The van der Waals surface area contributed by atoms with E-state index >= 15 is 0 Å². The van der Waals surface area contributed by atoms with Gasteiger partial charge in [-0.05, 0) is 5.92 Å². The largest absolute Gasteiger partial charge is 0.447 e. The Bertz CT molecular complexity index is 215. The van der Waals surface area contributed by atoms with Crippen LogP contribution in [0.5, 0.6) is 0 Å². The molecule has 0 saturated carbocycles. The first-order valence-corrected chi connectivity index (χ1v) is 4.30. The number of carbonyl (C=O) groups is 2. The lowest BCUT2D eigenvalue weighted by molar-refractivity contribution is -0.122. The first-order valence-electron chi connectivity index (χ1n) is 4.30. The maximum Gasteiger partial charge on any atom is 0.407 e. The second kappa shape index (κ2) is 4.11. The molecule has 1 unspecified atom stereocenters. The molecule has 13 heavy (non-hydrogen) atoms. The van der Waals surface area contributed by atoms with Crippen LogP contribution < -0.4 is 10.6 Å². The molecule has 1 aliphatic heterocycles. The quantitative estimate of drug-likeness (QED) is 0.645. The average Bonchev–Trinajstić information content (AvgIpc) is 2.47. The molecule has 1 heterocycles. The predicted molar refractivity (Wildman–Crippen MR) is 46.1 cm³/mol. The summed E-state index contributed by atoms with van der Waals surface area (Å²) >= 11 is 0. The van der Waals surface area contributed by atoms with Crippen LogP contribution in [-0.2, 0) is 9.53 Å². The van der Waals surface area contributed by atoms with E-state index in [-0.39, 0.29) is 12.5 Å². The molecule has 2 N–H and O–H groups in total. The van der Waals surface area contributed by atoms with E-state index in [1.54, 1.807) is 0 Å². The zero-order chi connectivity index (χ0) is 9.84. The van der Waals surface area contributed by atoms with Gasteiger partial charge < -0.3 is 15.4 Å². The molecule has 0 spiro atoms. The third kappa shape index (κ3) is 2.93. The van der Waals surface area contributed by atoms with Crippen molar-refractivity contribution >= 4 is 12.0 Å². The summed E-state index contributed by atoms with van der Waals surface area (Å²) in [7, 11) is 0. The number of hydrogen-bond acceptors (Lipinski definition) is 3. The lowest BCUT2D eigenvalue weighted by Crippen LogP contribution is -2.43. The van der Waals surface area contributed by atoms with Crippen LogP contribution in [0.2, 0.25) is 0 Å². The van der Waals surface area contributed by atoms with Gasteiger partial charge in [-0.2, -0.15) is 0 Å². The van der Waals surface area contributed by atoms with Crippen molar-refractivity contribution in [2.24, 2.45) is 5.92 Å². The van der Waals surface area contributed by atoms with Crippen LogP contribution in [0.25, 0.3) is 0 Å². The molecule has 0 aliphatic carbocycles. The van der Waals surface area contributed by atoms with Gasteiger partial charge in [-0.25, -0.2) is 4.79 Å². The molecule has 2 amide bonds. The molecule has 0 radical (unpaired) electrons. The molecule has 5 heteroatoms. The fourth-order valence-corrected chi connectivity index (χ4v) is 0.954. The number of ether oxygens (including phenoxy) is 1. The third-order valence-electron chi connectivity index (χ3n) is 1.67. The van der Waals surface area contributed by atoms with Crippen LogP contribution in [0.15, 0.2) is 0 Å². The number of alkyl carbamates (subject to hydrolysis) is 1. The number of cyclic esters (lactones) is 1. The van der Waals surface area contributed by atoms with E-state index in [0.717, 1.165) is 0 Å². The van der Waals surface area contributed by atoms with E-state index in [1.165, 1.54) is 0 Å². The minimum absolute atomic E-state index is 0.128. The molecule has 0 aromatic carbocycles. The monoisotopic (exact) mass is 186 g/mol. The van der Waals surface area contributed by atoms with Crippen molar-refractivity contribution in [2.75, 3.05) is 13.2 Å². The van der Waals surface area contributed by atoms with Crippen molar-refractivity contribution in [1.29, 1.82) is 0 Å². The van der Waals surface area contributed by atoms with Gasteiger partial charge in [-0.15, -0.1) is 0 Å². The lowest BCUT2D eigenvalue weighted by atomic mass is 10.2. The van der Waals surface area contributed by atoms with Gasteiger partial charge in [0.25, 0.3) is 0 Å². The summed E-state index contributed by atoms with van der Waals surface area (Å²) in [4.78, 5) is 21.9. The highest BCUT2D eigenvalue weighted by atomic mass is 16.6. The van der Waals surface area contributed by atoms with Gasteiger partial charge in [0.2, 0.25) is 5.91 Å². The first kappa shape index (κ1) is 9.83. The van der Waals surface area contributed by atoms with Gasteiger partial charge in [-0.3, -0.25) is 4.79 Å². The molecule has 0 bridgehead atoms. The number of nitrogens with one attached hydrogen (secondary N) is 2. The molecule has 1 rings (SSSR count). The maximum atomic E-state index is 11.3. The van der Waals surface area contributed by atoms with E-state index in [4.69, 9.17) is 0 Å². The summed E-state index contributed by atoms with van der Waals surface area (Å²) in [6.45, 7) is 4.75. The number of rotatable bonds is 3. The molecule has 0 aromatic heterocycles. The SMILES string of the molecule is CC(C)CNC(=O)C1COC(=O)N1. The highest BCUT2D eigenvalue weighted by Crippen LogP contribution is 1.97. The van der Waals surface area contributed by atoms with E-state index in [9.17, 15) is 9.59 Å². The first-order chi connectivity index (χ1) is 6.09. The zero-order valence-corrected chi connectivity index (χ0v) is 7.79. The molecular weight excluding hydrogens is 172 g/mol. The van der Waals surface area contributed by atoms with Crippen molar-refractivity contribution in [3.8, 4) is 0 Å². The fourth-order valence-electron chi connectivity index (χ4n) is 0.954. The predicted octanol–water partition coefficient (Wildman–Crippen LogP) is -0.133. The van der Waals surface area contributed by atoms with Crippen LogP contribution in [0.1, 0.15) is 13.8 Å². The molecule has 1 atom stereocenters. The molecule has 0 aromatic rings. The zero-order valence-electron chi connectivity index (χ0n) is 7.79. The van der Waals surface area contributed by atoms with Crippen molar-refractivity contribution in [3.63, 3.8) is 0 Å². The minimum Gasteiger partial charge on any atom is -0.447 e. The van der Waals surface area contributed by atoms with Crippen LogP contribution in [0.3, 0.4) is 0 Å². The second-order valence-electron chi connectivity index (χ2n) is 3.43. The molecule has 1 aliphatic rings. The van der Waals surface area contributed by atoms with Crippen LogP contribution in [-0.4, -0.2) is 31.2 Å². The number of hydrogen-bond donors (Lipinski definition) is 2. The van der Waals surface area contributed by atoms with Gasteiger partial charge in [0.1, 0.15) is 12.6 Å². The Morgan fingerprint density at radius 2 is 2.46 bits per heavy atom. The smallest absolute Gasteiger partial charge is 0.407 e. The second-order valence-corrected chi connectivity index (χ2v) is 3.43. The summed E-state index contributed by atoms with van der Waals surface area (Å²) in [6.07, 6.45) is -0.523. The number of carbonyl (C=O) groups excluding carboxylic acids is 2. The van der Waals surface area contributed by atoms with Gasteiger partial charge in [0.15, 0.2) is 0 Å². The van der Waals surface area contributed by atoms with Gasteiger partial charge in [0.05, 0.1) is 0 Å². The highest BCUT2D eigenvalue weighted by molar-refractivity contribution is 5.87. The van der Waals surface area contributed by atoms with Crippen molar-refractivity contribution in [3.05, 3.63) is 0 Å². The van der Waals surface area contributed by atoms with Gasteiger partial charge >= 0.3 is 6.09 Å². The third-order valence-corrected chi connectivity index (χ3v) is 1.67. The van der Waals surface area contributed by atoms with E-state index in [1.807, 2.05) is 13.8 Å². The van der Waals surface area contributed by atoms with Crippen LogP contribution >= 0.6 is 0 Å². The summed E-state index contributed by atoms with van der Waals surface area (Å²) in [6, 6.07) is -0.522. The molecular formula is C8H14N2O3. The van der Waals surface area contributed by atoms with E-state index in [2.05, 4.69) is 15.4 Å². The van der Waals surface area contributed by atoms with E-state index < -0.39 is 12.1 Å².